The number of rotatable bonds is 3. The van der Waals surface area contributed by atoms with Crippen molar-refractivity contribution in [3.8, 4) is 5.75 Å². The fraction of sp³-hybridized carbons (Fsp3) is 0.324. The van der Waals surface area contributed by atoms with Crippen LogP contribution in [0.1, 0.15) is 59.3 Å². The van der Waals surface area contributed by atoms with E-state index >= 15 is 0 Å². The van der Waals surface area contributed by atoms with Gasteiger partial charge in [0, 0.05) is 69.4 Å². The maximum atomic E-state index is 13.6. The van der Waals surface area contributed by atoms with E-state index in [1.165, 1.54) is 0 Å². The zero-order valence-electron chi connectivity index (χ0n) is 27.0. The zero-order valence-corrected chi connectivity index (χ0v) is 29.4. The molecular weight excluding hydrogens is 664 g/mol. The van der Waals surface area contributed by atoms with E-state index in [0.717, 1.165) is 85.6 Å². The Kier molecular flexibility index (Phi) is 9.75. The van der Waals surface area contributed by atoms with Gasteiger partial charge in [0.15, 0.2) is 0 Å². The van der Waals surface area contributed by atoms with Crippen LogP contribution in [0.2, 0.25) is 5.02 Å². The Labute approximate surface area is 293 Å². The van der Waals surface area contributed by atoms with Gasteiger partial charge in [-0.2, -0.15) is 0 Å². The van der Waals surface area contributed by atoms with Gasteiger partial charge in [-0.1, -0.05) is 47.1 Å². The molecule has 48 heavy (non-hydrogen) atoms. The summed E-state index contributed by atoms with van der Waals surface area (Å²) in [6.07, 6.45) is 3.06. The Balaban J connectivity index is 1.36. The van der Waals surface area contributed by atoms with Crippen molar-refractivity contribution in [2.45, 2.75) is 49.0 Å². The predicted octanol–water partition coefficient (Wildman–Crippen LogP) is 8.60. The Hall–Kier alpha value is -3.86. The van der Waals surface area contributed by atoms with Crippen molar-refractivity contribution in [1.29, 1.82) is 0 Å². The number of hydrogen-bond donors (Lipinski definition) is 1. The minimum Gasteiger partial charge on any atom is -0.493 e. The number of thioether (sulfide) groups is 2. The molecule has 0 radical (unpaired) electrons. The smallest absolute Gasteiger partial charge is 0.355 e. The lowest BCUT2D eigenvalue weighted by Crippen LogP contribution is -2.14. The van der Waals surface area contributed by atoms with Crippen LogP contribution >= 0.6 is 35.1 Å². The minimum absolute atomic E-state index is 0.275. The number of carbonyl (C=O) groups excluding carboxylic acids is 1. The number of aryl methyl sites for hydroxylation is 2. The number of aromatic nitrogens is 2. The second-order valence-electron chi connectivity index (χ2n) is 11.9. The molecule has 4 heterocycles. The van der Waals surface area contributed by atoms with E-state index in [2.05, 4.69) is 29.4 Å². The minimum atomic E-state index is -0.362. The zero-order chi connectivity index (χ0) is 33.2. The van der Waals surface area contributed by atoms with Gasteiger partial charge in [0.05, 0.1) is 35.2 Å². The number of aliphatic imine (C=N–C) groups is 1. The van der Waals surface area contributed by atoms with Gasteiger partial charge in [-0.3, -0.25) is 4.99 Å². The van der Waals surface area contributed by atoms with Crippen molar-refractivity contribution in [2.24, 2.45) is 17.8 Å². The standard InChI is InChI=1S/C37H37ClN4O4S2/c1-3-44-37(43)36-27-10-7-15-45-32-18-25(16-22-8-4-5-9-26(22)32)48-20-24-17-23(41-46-24)19-47-21-30(39)34(31-11-6-14-40-31)33-29(38)13-12-28(27)35(33)42(36)2/h4-5,8-9,12-13,16-18H,3,6-7,10-11,14-15,19-21,39H2,1-2H3. The number of benzene rings is 3. The summed E-state index contributed by atoms with van der Waals surface area (Å²) in [5.41, 5.74) is 13.4. The predicted molar refractivity (Wildman–Crippen MR) is 197 cm³/mol. The number of fused-ring (bicyclic) bond motifs is 6. The average molecular weight is 701 g/mol. The second-order valence-corrected chi connectivity index (χ2v) is 14.4. The molecule has 0 fully saturated rings. The summed E-state index contributed by atoms with van der Waals surface area (Å²) < 4.78 is 19.7. The number of carbonyl (C=O) groups is 1. The number of nitrogens with two attached hydrogens (primary N) is 1. The molecule has 0 saturated heterocycles. The summed E-state index contributed by atoms with van der Waals surface area (Å²) in [4.78, 5) is 19.5. The van der Waals surface area contributed by atoms with Crippen molar-refractivity contribution < 1.29 is 18.8 Å². The van der Waals surface area contributed by atoms with Crippen molar-refractivity contribution >= 4 is 74.1 Å². The molecule has 8 bridgehead atoms. The third-order valence-corrected chi connectivity index (χ3v) is 11.1. The molecule has 2 aliphatic rings. The maximum absolute atomic E-state index is 13.6. The van der Waals surface area contributed by atoms with Crippen LogP contribution in [-0.2, 0) is 29.7 Å². The van der Waals surface area contributed by atoms with Gasteiger partial charge < -0.3 is 24.3 Å². The van der Waals surface area contributed by atoms with Crippen LogP contribution in [-0.4, -0.2) is 46.9 Å². The Morgan fingerprint density at radius 1 is 1.06 bits per heavy atom. The summed E-state index contributed by atoms with van der Waals surface area (Å²) in [6.45, 7) is 3.31. The number of allylic oxidation sites excluding steroid dienone is 1. The summed E-state index contributed by atoms with van der Waals surface area (Å²) in [5.74, 6) is 3.13. The van der Waals surface area contributed by atoms with Crippen molar-refractivity contribution in [1.82, 2.24) is 9.72 Å². The van der Waals surface area contributed by atoms with E-state index in [0.29, 0.717) is 53.1 Å². The van der Waals surface area contributed by atoms with E-state index in [1.807, 2.05) is 48.9 Å². The molecule has 0 spiro atoms. The Morgan fingerprint density at radius 2 is 1.94 bits per heavy atom. The van der Waals surface area contributed by atoms with Crippen molar-refractivity contribution in [2.75, 3.05) is 25.5 Å². The summed E-state index contributed by atoms with van der Waals surface area (Å²) in [5, 5.41) is 8.02. The molecule has 0 saturated carbocycles. The van der Waals surface area contributed by atoms with Gasteiger partial charge in [-0.05, 0) is 61.8 Å². The third-order valence-electron chi connectivity index (χ3n) is 8.73. The van der Waals surface area contributed by atoms with Crippen LogP contribution in [0.4, 0.5) is 0 Å². The molecule has 2 aromatic heterocycles. The third kappa shape index (κ3) is 6.45. The van der Waals surface area contributed by atoms with Gasteiger partial charge in [-0.15, -0.1) is 23.5 Å². The van der Waals surface area contributed by atoms with Crippen LogP contribution < -0.4 is 10.5 Å². The number of ether oxygens (including phenoxy) is 2. The normalized spacial score (nSPS) is 16.2. The molecule has 0 amide bonds. The van der Waals surface area contributed by atoms with E-state index in [9.17, 15) is 4.79 Å². The first kappa shape index (κ1) is 32.7. The van der Waals surface area contributed by atoms with Crippen LogP contribution in [0.5, 0.6) is 5.75 Å². The van der Waals surface area contributed by atoms with Crippen LogP contribution in [0.25, 0.3) is 27.2 Å². The van der Waals surface area contributed by atoms with E-state index in [-0.39, 0.29) is 12.6 Å². The van der Waals surface area contributed by atoms with Crippen LogP contribution in [0, 0.1) is 0 Å². The van der Waals surface area contributed by atoms with E-state index < -0.39 is 0 Å². The first-order valence-corrected chi connectivity index (χ1v) is 18.7. The molecule has 0 unspecified atom stereocenters. The Morgan fingerprint density at radius 3 is 2.77 bits per heavy atom. The fourth-order valence-corrected chi connectivity index (χ4v) is 8.56. The first-order valence-electron chi connectivity index (χ1n) is 16.2. The largest absolute Gasteiger partial charge is 0.493 e. The second kappa shape index (κ2) is 14.3. The molecule has 2 N–H and O–H groups in total. The Bertz CT molecular complexity index is 2080. The molecule has 7 rings (SSSR count). The summed E-state index contributed by atoms with van der Waals surface area (Å²) in [6, 6.07) is 18.5. The van der Waals surface area contributed by atoms with Gasteiger partial charge in [-0.25, -0.2) is 4.79 Å². The van der Waals surface area contributed by atoms with Crippen LogP contribution in [0.15, 0.2) is 74.7 Å². The number of nitrogens with zero attached hydrogens (tertiary/aromatic N) is 3. The molecule has 8 nitrogen and oxygen atoms in total. The molecule has 2 aliphatic heterocycles. The highest BCUT2D eigenvalue weighted by Gasteiger charge is 2.29. The number of hydrogen-bond acceptors (Lipinski definition) is 9. The van der Waals surface area contributed by atoms with Crippen molar-refractivity contribution in [3.63, 3.8) is 0 Å². The number of halogens is 1. The fourth-order valence-electron chi connectivity index (χ4n) is 6.65. The van der Waals surface area contributed by atoms with E-state index in [1.54, 1.807) is 23.5 Å². The molecular formula is C37H37ClN4O4S2. The first-order chi connectivity index (χ1) is 23.4. The van der Waals surface area contributed by atoms with Gasteiger partial charge in [0.1, 0.15) is 17.2 Å². The number of esters is 1. The lowest BCUT2D eigenvalue weighted by Gasteiger charge is -2.17. The molecule has 248 valence electrons. The lowest BCUT2D eigenvalue weighted by atomic mass is 9.94. The van der Waals surface area contributed by atoms with Crippen LogP contribution in [0.3, 0.4) is 0 Å². The quantitative estimate of drug-likeness (QED) is 0.187. The highest BCUT2D eigenvalue weighted by molar-refractivity contribution is 7.98. The molecule has 0 atom stereocenters. The lowest BCUT2D eigenvalue weighted by molar-refractivity contribution is 0.0514. The SMILES string of the molecule is CCOC(=O)c1c2c3ccc(Cl)c(c3n1C)C(C1=NCCC1)=C(N)CSCc1cc(on1)CSc1cc(c3ccccc3c1)OCCC2. The van der Waals surface area contributed by atoms with Gasteiger partial charge in [0.2, 0.25) is 0 Å². The van der Waals surface area contributed by atoms with E-state index in [4.69, 9.17) is 36.3 Å². The molecule has 5 aromatic rings. The molecule has 11 heteroatoms. The monoisotopic (exact) mass is 700 g/mol. The summed E-state index contributed by atoms with van der Waals surface area (Å²) >= 11 is 10.4. The highest BCUT2D eigenvalue weighted by Crippen LogP contribution is 2.40. The highest BCUT2D eigenvalue weighted by atomic mass is 35.5. The summed E-state index contributed by atoms with van der Waals surface area (Å²) in [7, 11) is 1.91. The molecule has 0 aliphatic carbocycles. The van der Waals surface area contributed by atoms with Crippen molar-refractivity contribution in [3.05, 3.63) is 93.6 Å². The average Bonchev–Trinajstić information content (AvgIpc) is 3.83. The van der Waals surface area contributed by atoms with Gasteiger partial charge in [0.25, 0.3) is 0 Å². The van der Waals surface area contributed by atoms with Gasteiger partial charge >= 0.3 is 5.97 Å². The maximum Gasteiger partial charge on any atom is 0.355 e. The topological polar surface area (TPSA) is 105 Å². The molecule has 3 aromatic carbocycles.